The number of anilines is 2. The molecule has 150 valence electrons. The van der Waals surface area contributed by atoms with Crippen molar-refractivity contribution in [3.8, 4) is 22.3 Å². The number of nitrogens with one attached hydrogen (secondary N) is 1. The van der Waals surface area contributed by atoms with Crippen molar-refractivity contribution in [2.45, 2.75) is 13.1 Å². The number of alkyl halides is 3. The van der Waals surface area contributed by atoms with Crippen LogP contribution in [0.25, 0.3) is 22.3 Å². The van der Waals surface area contributed by atoms with E-state index < -0.39 is 11.7 Å². The second-order valence-corrected chi connectivity index (χ2v) is 7.23. The number of hydrogen-bond donors (Lipinski definition) is 1. The molecule has 4 aromatic rings. The fraction of sp³-hybridized carbons (Fsp3) is 0.0769. The van der Waals surface area contributed by atoms with Gasteiger partial charge in [0.1, 0.15) is 0 Å². The molecule has 0 aliphatic rings. The van der Waals surface area contributed by atoms with Crippen LogP contribution in [0.15, 0.2) is 97.1 Å². The van der Waals surface area contributed by atoms with Gasteiger partial charge in [-0.25, -0.2) is 0 Å². The predicted molar refractivity (Wildman–Crippen MR) is 117 cm³/mol. The number of rotatable bonds is 4. The molecule has 4 heteroatoms. The van der Waals surface area contributed by atoms with Crippen molar-refractivity contribution in [1.82, 2.24) is 0 Å². The minimum Gasteiger partial charge on any atom is -0.355 e. The van der Waals surface area contributed by atoms with Gasteiger partial charge in [0, 0.05) is 11.4 Å². The Morgan fingerprint density at radius 2 is 1.20 bits per heavy atom. The summed E-state index contributed by atoms with van der Waals surface area (Å²) in [6.45, 7) is 1.94. The van der Waals surface area contributed by atoms with Gasteiger partial charge in [-0.15, -0.1) is 0 Å². The van der Waals surface area contributed by atoms with Crippen LogP contribution in [0.5, 0.6) is 0 Å². The quantitative estimate of drug-likeness (QED) is 0.363. The molecule has 0 saturated carbocycles. The molecule has 0 heterocycles. The van der Waals surface area contributed by atoms with Gasteiger partial charge < -0.3 is 5.32 Å². The van der Waals surface area contributed by atoms with E-state index in [2.05, 4.69) is 5.32 Å². The number of aryl methyl sites for hydroxylation is 1. The average molecular weight is 403 g/mol. The van der Waals surface area contributed by atoms with Gasteiger partial charge in [0.05, 0.1) is 5.56 Å². The van der Waals surface area contributed by atoms with Crippen LogP contribution in [-0.4, -0.2) is 0 Å². The monoisotopic (exact) mass is 403 g/mol. The number of hydrogen-bond acceptors (Lipinski definition) is 1. The summed E-state index contributed by atoms with van der Waals surface area (Å²) in [5.74, 6) is 0. The van der Waals surface area contributed by atoms with Gasteiger partial charge in [-0.1, -0.05) is 66.7 Å². The van der Waals surface area contributed by atoms with Crippen LogP contribution in [0.1, 0.15) is 11.1 Å². The highest BCUT2D eigenvalue weighted by atomic mass is 19.4. The Morgan fingerprint density at radius 3 is 1.83 bits per heavy atom. The van der Waals surface area contributed by atoms with E-state index in [1.807, 2.05) is 85.8 Å². The van der Waals surface area contributed by atoms with Crippen molar-refractivity contribution in [1.29, 1.82) is 0 Å². The van der Waals surface area contributed by atoms with Crippen molar-refractivity contribution >= 4 is 11.4 Å². The first-order valence-electron chi connectivity index (χ1n) is 9.60. The lowest BCUT2D eigenvalue weighted by Crippen LogP contribution is -2.06. The molecule has 0 aromatic heterocycles. The van der Waals surface area contributed by atoms with E-state index in [0.29, 0.717) is 11.3 Å². The lowest BCUT2D eigenvalue weighted by Gasteiger charge is -2.14. The maximum Gasteiger partial charge on any atom is 0.416 e. The molecule has 0 fully saturated rings. The Morgan fingerprint density at radius 1 is 0.567 bits per heavy atom. The van der Waals surface area contributed by atoms with Gasteiger partial charge in [-0.2, -0.15) is 13.2 Å². The van der Waals surface area contributed by atoms with Crippen LogP contribution in [0.4, 0.5) is 24.5 Å². The van der Waals surface area contributed by atoms with E-state index in [1.165, 1.54) is 6.07 Å². The summed E-state index contributed by atoms with van der Waals surface area (Å²) in [5.41, 5.74) is 4.83. The van der Waals surface area contributed by atoms with Crippen LogP contribution in [-0.2, 0) is 6.18 Å². The normalized spacial score (nSPS) is 11.3. The predicted octanol–water partition coefficient (Wildman–Crippen LogP) is 8.09. The lowest BCUT2D eigenvalue weighted by atomic mass is 9.98. The second-order valence-electron chi connectivity index (χ2n) is 7.23. The van der Waals surface area contributed by atoms with Crippen LogP contribution >= 0.6 is 0 Å². The van der Waals surface area contributed by atoms with Crippen LogP contribution in [0, 0.1) is 6.92 Å². The maximum atomic E-state index is 13.5. The minimum absolute atomic E-state index is 0.401. The summed E-state index contributed by atoms with van der Waals surface area (Å²) >= 11 is 0. The highest BCUT2D eigenvalue weighted by Crippen LogP contribution is 2.36. The zero-order valence-corrected chi connectivity index (χ0v) is 16.4. The molecule has 0 saturated heterocycles. The summed E-state index contributed by atoms with van der Waals surface area (Å²) in [6.07, 6.45) is -4.43. The molecule has 4 aromatic carbocycles. The molecule has 1 nitrogen and oxygen atoms in total. The first-order chi connectivity index (χ1) is 14.4. The molecular weight excluding hydrogens is 383 g/mol. The molecule has 0 amide bonds. The number of halogens is 3. The Balaban J connectivity index is 1.71. The van der Waals surface area contributed by atoms with E-state index in [-0.39, 0.29) is 0 Å². The third-order valence-corrected chi connectivity index (χ3v) is 4.89. The molecule has 0 atom stereocenters. The van der Waals surface area contributed by atoms with Gasteiger partial charge in [0.15, 0.2) is 0 Å². The Hall–Kier alpha value is -3.53. The molecule has 4 rings (SSSR count). The summed E-state index contributed by atoms with van der Waals surface area (Å²) in [4.78, 5) is 0. The van der Waals surface area contributed by atoms with Crippen LogP contribution in [0.3, 0.4) is 0 Å². The molecule has 0 bridgehead atoms. The van der Waals surface area contributed by atoms with Crippen molar-refractivity contribution in [2.24, 2.45) is 0 Å². The molecule has 0 radical (unpaired) electrons. The largest absolute Gasteiger partial charge is 0.416 e. The fourth-order valence-electron chi connectivity index (χ4n) is 3.41. The minimum atomic E-state index is -4.43. The Bertz CT molecular complexity index is 1150. The fourth-order valence-corrected chi connectivity index (χ4v) is 3.41. The molecule has 30 heavy (non-hydrogen) atoms. The van der Waals surface area contributed by atoms with E-state index in [4.69, 9.17) is 0 Å². The molecule has 1 N–H and O–H groups in total. The average Bonchev–Trinajstić information content (AvgIpc) is 2.74. The Kier molecular flexibility index (Phi) is 5.32. The van der Waals surface area contributed by atoms with Gasteiger partial charge >= 0.3 is 6.18 Å². The molecular formula is C26H20F3N. The van der Waals surface area contributed by atoms with Crippen LogP contribution < -0.4 is 5.32 Å². The zero-order valence-electron chi connectivity index (χ0n) is 16.4. The number of benzene rings is 4. The van der Waals surface area contributed by atoms with E-state index in [1.54, 1.807) is 6.07 Å². The first kappa shape index (κ1) is 19.8. The van der Waals surface area contributed by atoms with Crippen LogP contribution in [0.2, 0.25) is 0 Å². The third kappa shape index (κ3) is 4.54. The molecule has 0 unspecified atom stereocenters. The third-order valence-electron chi connectivity index (χ3n) is 4.89. The van der Waals surface area contributed by atoms with Gasteiger partial charge in [0.25, 0.3) is 0 Å². The van der Waals surface area contributed by atoms with Crippen molar-refractivity contribution in [3.63, 3.8) is 0 Å². The Labute approximate surface area is 173 Å². The van der Waals surface area contributed by atoms with Gasteiger partial charge in [-0.3, -0.25) is 0 Å². The maximum absolute atomic E-state index is 13.5. The summed E-state index contributed by atoms with van der Waals surface area (Å²) in [5, 5.41) is 3.10. The summed E-state index contributed by atoms with van der Waals surface area (Å²) in [6, 6.07) is 29.1. The first-order valence-corrected chi connectivity index (χ1v) is 9.60. The zero-order chi connectivity index (χ0) is 21.1. The van der Waals surface area contributed by atoms with Gasteiger partial charge in [-0.05, 0) is 65.1 Å². The van der Waals surface area contributed by atoms with Crippen molar-refractivity contribution in [2.75, 3.05) is 5.32 Å². The highest BCUT2D eigenvalue weighted by Gasteiger charge is 2.31. The molecule has 0 aliphatic heterocycles. The lowest BCUT2D eigenvalue weighted by molar-refractivity contribution is -0.137. The molecule has 0 spiro atoms. The topological polar surface area (TPSA) is 12.0 Å². The SMILES string of the molecule is Cc1cccc(Nc2cc(-c3ccc(-c4ccccc4)cc3)cc(C(F)(F)F)c2)c1. The van der Waals surface area contributed by atoms with E-state index in [9.17, 15) is 13.2 Å². The van der Waals surface area contributed by atoms with Crippen molar-refractivity contribution in [3.05, 3.63) is 108 Å². The summed E-state index contributed by atoms with van der Waals surface area (Å²) < 4.78 is 40.6. The van der Waals surface area contributed by atoms with Gasteiger partial charge in [0.2, 0.25) is 0 Å². The standard InChI is InChI=1S/C26H20F3N/c1-18-6-5-9-24(14-18)30-25-16-22(15-23(17-25)26(27,28)29)21-12-10-20(11-13-21)19-7-3-2-4-8-19/h2-17,30H,1H3. The summed E-state index contributed by atoms with van der Waals surface area (Å²) in [7, 11) is 0. The smallest absolute Gasteiger partial charge is 0.355 e. The highest BCUT2D eigenvalue weighted by molar-refractivity contribution is 5.75. The van der Waals surface area contributed by atoms with Crippen molar-refractivity contribution < 1.29 is 13.2 Å². The van der Waals surface area contributed by atoms with E-state index in [0.717, 1.165) is 34.0 Å². The van der Waals surface area contributed by atoms with E-state index >= 15 is 0 Å². The second kappa shape index (κ2) is 8.07. The molecule has 0 aliphatic carbocycles.